The van der Waals surface area contributed by atoms with Gasteiger partial charge in [-0.2, -0.15) is 0 Å². The lowest BCUT2D eigenvalue weighted by molar-refractivity contribution is 0.261. The van der Waals surface area contributed by atoms with Gasteiger partial charge in [0, 0.05) is 12.1 Å². The molecule has 0 unspecified atom stereocenters. The van der Waals surface area contributed by atoms with Crippen LogP contribution in [0.5, 0.6) is 5.75 Å². The molecule has 0 bridgehead atoms. The second-order valence-corrected chi connectivity index (χ2v) is 10.7. The van der Waals surface area contributed by atoms with Crippen molar-refractivity contribution in [3.63, 3.8) is 0 Å². The number of nitrogens with two attached hydrogens (primary N) is 1. The minimum absolute atomic E-state index is 0.161. The van der Waals surface area contributed by atoms with E-state index < -0.39 is 0 Å². The third kappa shape index (κ3) is 7.06. The molecule has 0 amide bonds. The molecule has 180 valence electrons. The van der Waals surface area contributed by atoms with Crippen molar-refractivity contribution >= 4 is 11.1 Å². The molecule has 0 aromatic heterocycles. The highest BCUT2D eigenvalue weighted by atomic mass is 16.5. The quantitative estimate of drug-likeness (QED) is 0.343. The largest absolute Gasteiger partial charge is 0.492 e. The van der Waals surface area contributed by atoms with Crippen molar-refractivity contribution in [3.05, 3.63) is 102 Å². The van der Waals surface area contributed by atoms with Gasteiger partial charge in [-0.15, -0.1) is 0 Å². The van der Waals surface area contributed by atoms with E-state index in [0.29, 0.717) is 6.61 Å². The third-order valence-corrected chi connectivity index (χ3v) is 5.90. The molecule has 0 atom stereocenters. The first-order valence-corrected chi connectivity index (χ1v) is 12.1. The van der Waals surface area contributed by atoms with Crippen LogP contribution < -0.4 is 10.5 Å². The van der Waals surface area contributed by atoms with Crippen LogP contribution in [-0.4, -0.2) is 37.7 Å². The number of likely N-dealkylation sites (N-methyl/N-ethyl adjacent to an activating group) is 1. The molecule has 0 spiro atoms. The molecule has 0 aliphatic rings. The average Bonchev–Trinajstić information content (AvgIpc) is 2.77. The first kappa shape index (κ1) is 25.7. The standard InChI is InChI=1S/C31H40N2O/c1-30(2,23-31(3,4)32)29(26-15-11-8-12-16-26)28(24-13-9-7-10-14-24)25-17-19-27(20-18-25)34-22-21-33(5)6/h7-20H,21-23,32H2,1-6H3/b29-28+. The zero-order chi connectivity index (χ0) is 24.8. The Morgan fingerprint density at radius 3 is 1.74 bits per heavy atom. The van der Waals surface area contributed by atoms with Crippen molar-refractivity contribution in [2.45, 2.75) is 39.7 Å². The van der Waals surface area contributed by atoms with Gasteiger partial charge in [-0.25, -0.2) is 0 Å². The summed E-state index contributed by atoms with van der Waals surface area (Å²) in [6, 6.07) is 29.9. The van der Waals surface area contributed by atoms with Crippen molar-refractivity contribution in [3.8, 4) is 5.75 Å². The number of hydrogen-bond acceptors (Lipinski definition) is 3. The van der Waals surface area contributed by atoms with Crippen LogP contribution in [0.2, 0.25) is 0 Å². The SMILES string of the molecule is CN(C)CCOc1ccc(/C(=C(\c2ccccc2)C(C)(C)CC(C)(C)N)c2ccccc2)cc1. The van der Waals surface area contributed by atoms with Gasteiger partial charge in [0.25, 0.3) is 0 Å². The maximum atomic E-state index is 6.56. The van der Waals surface area contributed by atoms with Crippen molar-refractivity contribution in [1.29, 1.82) is 0 Å². The van der Waals surface area contributed by atoms with Gasteiger partial charge in [0.1, 0.15) is 12.4 Å². The molecule has 3 aromatic rings. The van der Waals surface area contributed by atoms with Gasteiger partial charge in [-0.3, -0.25) is 0 Å². The molecule has 0 aliphatic carbocycles. The van der Waals surface area contributed by atoms with Crippen LogP contribution in [0, 0.1) is 5.41 Å². The van der Waals surface area contributed by atoms with E-state index in [1.54, 1.807) is 0 Å². The van der Waals surface area contributed by atoms with Gasteiger partial charge in [0.2, 0.25) is 0 Å². The molecule has 3 rings (SSSR count). The number of hydrogen-bond donors (Lipinski definition) is 1. The van der Waals surface area contributed by atoms with E-state index >= 15 is 0 Å². The number of benzene rings is 3. The first-order chi connectivity index (χ1) is 16.1. The average molecular weight is 457 g/mol. The van der Waals surface area contributed by atoms with Gasteiger partial charge >= 0.3 is 0 Å². The molecule has 3 nitrogen and oxygen atoms in total. The number of rotatable bonds is 10. The number of allylic oxidation sites excluding steroid dienone is 1. The summed E-state index contributed by atoms with van der Waals surface area (Å²) in [6.45, 7) is 10.4. The van der Waals surface area contributed by atoms with E-state index in [4.69, 9.17) is 10.5 Å². The molecule has 34 heavy (non-hydrogen) atoms. The highest BCUT2D eigenvalue weighted by Gasteiger charge is 2.33. The van der Waals surface area contributed by atoms with Crippen LogP contribution in [0.25, 0.3) is 11.1 Å². The Bertz CT molecular complexity index is 1060. The highest BCUT2D eigenvalue weighted by molar-refractivity contribution is 6.00. The summed E-state index contributed by atoms with van der Waals surface area (Å²) >= 11 is 0. The minimum atomic E-state index is -0.296. The summed E-state index contributed by atoms with van der Waals surface area (Å²) in [5.74, 6) is 0.890. The Balaban J connectivity index is 2.19. The molecule has 0 radical (unpaired) electrons. The van der Waals surface area contributed by atoms with Crippen molar-refractivity contribution in [2.75, 3.05) is 27.2 Å². The predicted octanol–water partition coefficient (Wildman–Crippen LogP) is 6.74. The van der Waals surface area contributed by atoms with Crippen LogP contribution >= 0.6 is 0 Å². The first-order valence-electron chi connectivity index (χ1n) is 12.1. The van der Waals surface area contributed by atoms with Gasteiger partial charge in [-0.05, 0) is 79.7 Å². The maximum absolute atomic E-state index is 6.56. The summed E-state index contributed by atoms with van der Waals surface area (Å²) < 4.78 is 5.96. The summed E-state index contributed by atoms with van der Waals surface area (Å²) in [6.07, 6.45) is 0.853. The number of nitrogens with zero attached hydrogens (tertiary/aromatic N) is 1. The Morgan fingerprint density at radius 1 is 0.735 bits per heavy atom. The van der Waals surface area contributed by atoms with E-state index in [2.05, 4.69) is 132 Å². The van der Waals surface area contributed by atoms with Crippen molar-refractivity contribution in [1.82, 2.24) is 4.90 Å². The molecule has 0 heterocycles. The van der Waals surface area contributed by atoms with Crippen LogP contribution in [0.15, 0.2) is 84.9 Å². The Hall–Kier alpha value is -2.88. The molecular weight excluding hydrogens is 416 g/mol. The molecule has 0 aliphatic heterocycles. The fourth-order valence-corrected chi connectivity index (χ4v) is 4.83. The van der Waals surface area contributed by atoms with E-state index in [1.165, 1.54) is 27.8 Å². The van der Waals surface area contributed by atoms with Crippen LogP contribution in [-0.2, 0) is 0 Å². The van der Waals surface area contributed by atoms with E-state index in [1.807, 2.05) is 0 Å². The summed E-state index contributed by atoms with van der Waals surface area (Å²) in [5, 5.41) is 0. The molecule has 2 N–H and O–H groups in total. The fraction of sp³-hybridized carbons (Fsp3) is 0.355. The second kappa shape index (κ2) is 11.0. The number of ether oxygens (including phenoxy) is 1. The van der Waals surface area contributed by atoms with Crippen molar-refractivity contribution < 1.29 is 4.74 Å². The van der Waals surface area contributed by atoms with Gasteiger partial charge in [-0.1, -0.05) is 86.6 Å². The van der Waals surface area contributed by atoms with Gasteiger partial charge in [0.05, 0.1) is 0 Å². The topological polar surface area (TPSA) is 38.5 Å². The molecule has 3 aromatic carbocycles. The fourth-order valence-electron chi connectivity index (χ4n) is 4.83. The smallest absolute Gasteiger partial charge is 0.119 e. The Labute approximate surface area is 206 Å². The summed E-state index contributed by atoms with van der Waals surface area (Å²) in [5.41, 5.74) is 12.2. The molecule has 3 heteroatoms. The minimum Gasteiger partial charge on any atom is -0.492 e. The van der Waals surface area contributed by atoms with Crippen molar-refractivity contribution in [2.24, 2.45) is 11.1 Å². The van der Waals surface area contributed by atoms with Gasteiger partial charge in [0.15, 0.2) is 0 Å². The summed E-state index contributed by atoms with van der Waals surface area (Å²) in [7, 11) is 4.11. The van der Waals surface area contributed by atoms with E-state index in [9.17, 15) is 0 Å². The van der Waals surface area contributed by atoms with Crippen LogP contribution in [0.4, 0.5) is 0 Å². The zero-order valence-electron chi connectivity index (χ0n) is 21.6. The highest BCUT2D eigenvalue weighted by Crippen LogP contribution is 2.46. The lowest BCUT2D eigenvalue weighted by Crippen LogP contribution is -2.38. The van der Waals surface area contributed by atoms with Crippen LogP contribution in [0.3, 0.4) is 0 Å². The lowest BCUT2D eigenvalue weighted by atomic mass is 9.69. The molecule has 0 saturated heterocycles. The second-order valence-electron chi connectivity index (χ2n) is 10.7. The zero-order valence-corrected chi connectivity index (χ0v) is 21.6. The van der Waals surface area contributed by atoms with Gasteiger partial charge < -0.3 is 15.4 Å². The predicted molar refractivity (Wildman–Crippen MR) is 146 cm³/mol. The van der Waals surface area contributed by atoms with Crippen LogP contribution in [0.1, 0.15) is 50.8 Å². The summed E-state index contributed by atoms with van der Waals surface area (Å²) in [4.78, 5) is 2.12. The lowest BCUT2D eigenvalue weighted by Gasteiger charge is -2.37. The molecular formula is C31H40N2O. The monoisotopic (exact) mass is 456 g/mol. The molecule has 0 saturated carbocycles. The normalized spacial score (nSPS) is 13.1. The Kier molecular flexibility index (Phi) is 8.35. The Morgan fingerprint density at radius 2 is 1.24 bits per heavy atom. The van der Waals surface area contributed by atoms with E-state index in [0.717, 1.165) is 18.7 Å². The third-order valence-electron chi connectivity index (χ3n) is 5.90. The maximum Gasteiger partial charge on any atom is 0.119 e. The van der Waals surface area contributed by atoms with E-state index in [-0.39, 0.29) is 11.0 Å². The molecule has 0 fully saturated rings.